The third-order valence-electron chi connectivity index (χ3n) is 5.06. The third-order valence-corrected chi connectivity index (χ3v) is 5.37. The summed E-state index contributed by atoms with van der Waals surface area (Å²) in [5.41, 5.74) is 1.24. The van der Waals surface area contributed by atoms with Crippen LogP contribution in [-0.4, -0.2) is 27.7 Å². The number of halogens is 2. The van der Waals surface area contributed by atoms with E-state index in [1.165, 1.54) is 12.1 Å². The van der Waals surface area contributed by atoms with Gasteiger partial charge in [0.25, 0.3) is 5.91 Å². The first-order chi connectivity index (χ1) is 13.5. The molecule has 1 amide bonds. The molecule has 1 aromatic carbocycles. The lowest BCUT2D eigenvalue weighted by molar-refractivity contribution is 0.0713. The minimum Gasteiger partial charge on any atom is -0.360 e. The second-order valence-electron chi connectivity index (χ2n) is 6.79. The van der Waals surface area contributed by atoms with Crippen LogP contribution in [0.1, 0.15) is 53.4 Å². The van der Waals surface area contributed by atoms with Crippen molar-refractivity contribution in [3.63, 3.8) is 0 Å². The predicted molar refractivity (Wildman–Crippen MR) is 101 cm³/mol. The molecule has 3 aromatic rings. The highest BCUT2D eigenvalue weighted by Gasteiger charge is 2.37. The molecule has 8 heteroatoms. The molecule has 1 aliphatic rings. The average molecular weight is 404 g/mol. The Labute approximate surface area is 166 Å². The molecular formula is C20H19ClFN3O3. The van der Waals surface area contributed by atoms with Gasteiger partial charge in [-0.15, -0.1) is 0 Å². The first-order valence-electron chi connectivity index (χ1n) is 9.18. The summed E-state index contributed by atoms with van der Waals surface area (Å²) in [5, 5.41) is 8.13. The zero-order valence-corrected chi connectivity index (χ0v) is 16.3. The smallest absolute Gasteiger partial charge is 0.260 e. The standard InChI is InChI=1S/C20H19ClFN3O3/c1-3-12-10-16(28-23-12)15-8-5-9-25(15)20(26)17-11(2)27-24-19(17)18-13(21)6-4-7-14(18)22/h4,6-7,10,15H,3,5,8-9H2,1-2H3/t15-/m1/s1. The van der Waals surface area contributed by atoms with E-state index < -0.39 is 5.82 Å². The summed E-state index contributed by atoms with van der Waals surface area (Å²) in [4.78, 5) is 15.1. The maximum absolute atomic E-state index is 14.4. The Kier molecular flexibility index (Phi) is 4.93. The van der Waals surface area contributed by atoms with Gasteiger partial charge in [0, 0.05) is 12.6 Å². The zero-order valence-electron chi connectivity index (χ0n) is 15.5. The maximum Gasteiger partial charge on any atom is 0.260 e. The molecule has 6 nitrogen and oxygen atoms in total. The van der Waals surface area contributed by atoms with Gasteiger partial charge in [-0.3, -0.25) is 4.79 Å². The molecule has 3 heterocycles. The summed E-state index contributed by atoms with van der Waals surface area (Å²) in [7, 11) is 0. The molecule has 146 valence electrons. The van der Waals surface area contributed by atoms with Crippen molar-refractivity contribution in [1.82, 2.24) is 15.2 Å². The van der Waals surface area contributed by atoms with E-state index in [4.69, 9.17) is 20.6 Å². The number of carbonyl (C=O) groups is 1. The van der Waals surface area contributed by atoms with Crippen LogP contribution in [0.2, 0.25) is 5.02 Å². The van der Waals surface area contributed by atoms with Crippen LogP contribution in [0, 0.1) is 12.7 Å². The van der Waals surface area contributed by atoms with Crippen LogP contribution in [0.15, 0.2) is 33.3 Å². The molecule has 0 saturated carbocycles. The first-order valence-corrected chi connectivity index (χ1v) is 9.56. The normalized spacial score (nSPS) is 16.7. The highest BCUT2D eigenvalue weighted by atomic mass is 35.5. The van der Waals surface area contributed by atoms with Crippen LogP contribution in [0.25, 0.3) is 11.3 Å². The Balaban J connectivity index is 1.73. The van der Waals surface area contributed by atoms with E-state index in [1.54, 1.807) is 17.9 Å². The number of likely N-dealkylation sites (tertiary alicyclic amines) is 1. The number of aromatic nitrogens is 2. The molecule has 0 radical (unpaired) electrons. The molecule has 1 saturated heterocycles. The first kappa shape index (κ1) is 18.7. The molecule has 1 atom stereocenters. The van der Waals surface area contributed by atoms with Gasteiger partial charge < -0.3 is 13.9 Å². The van der Waals surface area contributed by atoms with Gasteiger partial charge in [0.1, 0.15) is 22.8 Å². The number of nitrogens with zero attached hydrogens (tertiary/aromatic N) is 3. The van der Waals surface area contributed by atoms with Crippen LogP contribution in [-0.2, 0) is 6.42 Å². The maximum atomic E-state index is 14.4. The topological polar surface area (TPSA) is 72.4 Å². The molecule has 4 rings (SSSR count). The van der Waals surface area contributed by atoms with Crippen molar-refractivity contribution in [1.29, 1.82) is 0 Å². The summed E-state index contributed by atoms with van der Waals surface area (Å²) in [6, 6.07) is 5.99. The summed E-state index contributed by atoms with van der Waals surface area (Å²) >= 11 is 6.18. The lowest BCUT2D eigenvalue weighted by Crippen LogP contribution is -2.31. The third kappa shape index (κ3) is 3.09. The molecule has 2 aromatic heterocycles. The van der Waals surface area contributed by atoms with Crippen LogP contribution in [0.3, 0.4) is 0 Å². The Morgan fingerprint density at radius 1 is 1.36 bits per heavy atom. The van der Waals surface area contributed by atoms with E-state index >= 15 is 0 Å². The minimum absolute atomic E-state index is 0.0630. The number of rotatable bonds is 4. The molecular weight excluding hydrogens is 385 g/mol. The van der Waals surface area contributed by atoms with E-state index in [1.807, 2.05) is 13.0 Å². The fourth-order valence-electron chi connectivity index (χ4n) is 3.62. The van der Waals surface area contributed by atoms with Gasteiger partial charge >= 0.3 is 0 Å². The van der Waals surface area contributed by atoms with Gasteiger partial charge in [0.2, 0.25) is 0 Å². The highest BCUT2D eigenvalue weighted by molar-refractivity contribution is 6.33. The Hall–Kier alpha value is -2.67. The summed E-state index contributed by atoms with van der Waals surface area (Å²) < 4.78 is 25.1. The zero-order chi connectivity index (χ0) is 19.8. The molecule has 1 aliphatic heterocycles. The molecule has 0 N–H and O–H groups in total. The van der Waals surface area contributed by atoms with Crippen molar-refractivity contribution in [2.45, 2.75) is 39.2 Å². The molecule has 1 fully saturated rings. The molecule has 0 unspecified atom stereocenters. The predicted octanol–water partition coefficient (Wildman–Crippen LogP) is 4.97. The van der Waals surface area contributed by atoms with Crippen molar-refractivity contribution >= 4 is 17.5 Å². The van der Waals surface area contributed by atoms with E-state index in [-0.39, 0.29) is 33.8 Å². The lowest BCUT2D eigenvalue weighted by atomic mass is 10.0. The van der Waals surface area contributed by atoms with E-state index in [9.17, 15) is 9.18 Å². The van der Waals surface area contributed by atoms with Gasteiger partial charge in [-0.25, -0.2) is 4.39 Å². The van der Waals surface area contributed by atoms with Gasteiger partial charge in [-0.1, -0.05) is 34.9 Å². The number of aryl methyl sites for hydroxylation is 2. The van der Waals surface area contributed by atoms with Crippen LogP contribution in [0.4, 0.5) is 4.39 Å². The summed E-state index contributed by atoms with van der Waals surface area (Å²) in [6.45, 7) is 4.18. The quantitative estimate of drug-likeness (QED) is 0.615. The van der Waals surface area contributed by atoms with E-state index in [0.29, 0.717) is 18.1 Å². The summed E-state index contributed by atoms with van der Waals surface area (Å²) in [6.07, 6.45) is 2.35. The molecule has 0 spiro atoms. The Morgan fingerprint density at radius 2 is 2.18 bits per heavy atom. The van der Waals surface area contributed by atoms with Crippen molar-refractivity contribution in [3.05, 3.63) is 57.9 Å². The van der Waals surface area contributed by atoms with Gasteiger partial charge in [0.05, 0.1) is 22.3 Å². The van der Waals surface area contributed by atoms with Crippen molar-refractivity contribution < 1.29 is 18.2 Å². The molecule has 28 heavy (non-hydrogen) atoms. The van der Waals surface area contributed by atoms with Gasteiger partial charge in [-0.2, -0.15) is 0 Å². The van der Waals surface area contributed by atoms with Gasteiger partial charge in [-0.05, 0) is 38.3 Å². The Morgan fingerprint density at radius 3 is 2.89 bits per heavy atom. The fourth-order valence-corrected chi connectivity index (χ4v) is 3.87. The highest BCUT2D eigenvalue weighted by Crippen LogP contribution is 2.38. The van der Waals surface area contributed by atoms with E-state index in [0.717, 1.165) is 25.0 Å². The van der Waals surface area contributed by atoms with Gasteiger partial charge in [0.15, 0.2) is 5.76 Å². The van der Waals surface area contributed by atoms with Crippen LogP contribution >= 0.6 is 11.6 Å². The SMILES string of the molecule is CCc1cc([C@H]2CCCN2C(=O)c2c(-c3c(F)cccc3Cl)noc2C)on1. The van der Waals surface area contributed by atoms with Crippen molar-refractivity contribution in [3.8, 4) is 11.3 Å². The molecule has 0 bridgehead atoms. The van der Waals surface area contributed by atoms with Crippen molar-refractivity contribution in [2.24, 2.45) is 0 Å². The fraction of sp³-hybridized carbons (Fsp3) is 0.350. The number of amides is 1. The minimum atomic E-state index is -0.560. The number of hydrogen-bond donors (Lipinski definition) is 0. The van der Waals surface area contributed by atoms with Crippen LogP contribution in [0.5, 0.6) is 0 Å². The summed E-state index contributed by atoms with van der Waals surface area (Å²) in [5.74, 6) is 0.125. The lowest BCUT2D eigenvalue weighted by Gasteiger charge is -2.22. The molecule has 0 aliphatic carbocycles. The second-order valence-corrected chi connectivity index (χ2v) is 7.20. The Bertz CT molecular complexity index is 1010. The monoisotopic (exact) mass is 403 g/mol. The van der Waals surface area contributed by atoms with Crippen molar-refractivity contribution in [2.75, 3.05) is 6.54 Å². The second kappa shape index (κ2) is 7.39. The largest absolute Gasteiger partial charge is 0.360 e. The van der Waals surface area contributed by atoms with Crippen LogP contribution < -0.4 is 0 Å². The number of benzene rings is 1. The average Bonchev–Trinajstić information content (AvgIpc) is 3.40. The van der Waals surface area contributed by atoms with E-state index in [2.05, 4.69) is 10.3 Å². The number of carbonyl (C=O) groups excluding carboxylic acids is 1. The number of hydrogen-bond acceptors (Lipinski definition) is 5.